The molecule has 1 fully saturated rings. The quantitative estimate of drug-likeness (QED) is 0.467. The fourth-order valence-corrected chi connectivity index (χ4v) is 5.13. The first-order chi connectivity index (χ1) is 9.20. The maximum absolute atomic E-state index is 2.55. The Morgan fingerprint density at radius 2 is 1.85 bits per heavy atom. The molecule has 0 aromatic rings. The third-order valence-electron chi connectivity index (χ3n) is 5.98. The fourth-order valence-electron chi connectivity index (χ4n) is 5.13. The number of hydrogen-bond donors (Lipinski definition) is 0. The van der Waals surface area contributed by atoms with E-state index >= 15 is 0 Å². The second-order valence-electron chi connectivity index (χ2n) is 9.16. The highest BCUT2D eigenvalue weighted by molar-refractivity contribution is 4.88. The van der Waals surface area contributed by atoms with Crippen LogP contribution in [-0.4, -0.2) is 0 Å². The van der Waals surface area contributed by atoms with Gasteiger partial charge in [-0.2, -0.15) is 0 Å². The van der Waals surface area contributed by atoms with E-state index in [9.17, 15) is 0 Å². The lowest BCUT2D eigenvalue weighted by atomic mass is 9.61. The van der Waals surface area contributed by atoms with Crippen LogP contribution in [0.25, 0.3) is 0 Å². The molecule has 0 aromatic carbocycles. The van der Waals surface area contributed by atoms with Gasteiger partial charge in [-0.15, -0.1) is 0 Å². The topological polar surface area (TPSA) is 0 Å². The van der Waals surface area contributed by atoms with Crippen LogP contribution in [0, 0.1) is 28.6 Å². The molecule has 0 nitrogen and oxygen atoms in total. The fraction of sp³-hybridized carbons (Fsp3) is 1.00. The zero-order chi connectivity index (χ0) is 15.4. The zero-order valence-corrected chi connectivity index (χ0v) is 15.4. The Morgan fingerprint density at radius 1 is 1.20 bits per heavy atom. The molecule has 0 amide bonds. The van der Waals surface area contributed by atoms with Crippen LogP contribution in [0.1, 0.15) is 99.8 Å². The summed E-state index contributed by atoms with van der Waals surface area (Å²) in [7, 11) is 0. The second kappa shape index (κ2) is 7.32. The summed E-state index contributed by atoms with van der Waals surface area (Å²) in [6.45, 7) is 17.2. The highest BCUT2D eigenvalue weighted by Gasteiger charge is 2.37. The lowest BCUT2D eigenvalue weighted by Gasteiger charge is -2.45. The molecule has 0 aromatic heterocycles. The molecule has 0 aliphatic heterocycles. The van der Waals surface area contributed by atoms with Gasteiger partial charge < -0.3 is 0 Å². The Balaban J connectivity index is 2.65. The Hall–Kier alpha value is 0. The first-order valence-corrected chi connectivity index (χ1v) is 9.20. The van der Waals surface area contributed by atoms with Crippen LogP contribution in [0.4, 0.5) is 0 Å². The normalized spacial score (nSPS) is 29.4. The summed E-state index contributed by atoms with van der Waals surface area (Å²) in [6, 6.07) is 0. The minimum absolute atomic E-state index is 0.572. The van der Waals surface area contributed by atoms with Crippen LogP contribution in [0.15, 0.2) is 0 Å². The molecule has 0 saturated heterocycles. The molecule has 20 heavy (non-hydrogen) atoms. The summed E-state index contributed by atoms with van der Waals surface area (Å²) in [5, 5.41) is 0. The molecule has 0 heterocycles. The number of rotatable bonds is 7. The Bertz CT molecular complexity index is 276. The van der Waals surface area contributed by atoms with Gasteiger partial charge in [-0.3, -0.25) is 0 Å². The van der Waals surface area contributed by atoms with E-state index in [0.717, 1.165) is 17.8 Å². The molecule has 0 heteroatoms. The largest absolute Gasteiger partial charge is 0.0654 e. The van der Waals surface area contributed by atoms with Gasteiger partial charge in [-0.05, 0) is 60.7 Å². The van der Waals surface area contributed by atoms with Crippen LogP contribution in [-0.2, 0) is 0 Å². The van der Waals surface area contributed by atoms with E-state index in [1.54, 1.807) is 0 Å². The number of hydrogen-bond acceptors (Lipinski definition) is 0. The average molecular weight is 281 g/mol. The molecule has 120 valence electrons. The molecule has 1 saturated carbocycles. The van der Waals surface area contributed by atoms with Gasteiger partial charge in [0.25, 0.3) is 0 Å². The van der Waals surface area contributed by atoms with Crippen molar-refractivity contribution in [1.29, 1.82) is 0 Å². The van der Waals surface area contributed by atoms with Crippen molar-refractivity contribution in [1.82, 2.24) is 0 Å². The van der Waals surface area contributed by atoms with Crippen molar-refractivity contribution < 1.29 is 0 Å². The van der Waals surface area contributed by atoms with E-state index in [1.165, 1.54) is 51.4 Å². The van der Waals surface area contributed by atoms with Crippen LogP contribution >= 0.6 is 0 Å². The molecule has 2 unspecified atom stereocenters. The predicted molar refractivity (Wildman–Crippen MR) is 92.0 cm³/mol. The lowest BCUT2D eigenvalue weighted by Crippen LogP contribution is -2.35. The van der Waals surface area contributed by atoms with Gasteiger partial charge in [-0.25, -0.2) is 0 Å². The van der Waals surface area contributed by atoms with Crippen LogP contribution in [0.3, 0.4) is 0 Å². The van der Waals surface area contributed by atoms with Crippen molar-refractivity contribution >= 4 is 0 Å². The van der Waals surface area contributed by atoms with Gasteiger partial charge in [-0.1, -0.05) is 67.7 Å². The van der Waals surface area contributed by atoms with Crippen molar-refractivity contribution in [2.75, 3.05) is 0 Å². The van der Waals surface area contributed by atoms with Crippen LogP contribution in [0.2, 0.25) is 0 Å². The molecule has 0 bridgehead atoms. The molecule has 0 spiro atoms. The van der Waals surface area contributed by atoms with Gasteiger partial charge >= 0.3 is 0 Å². The maximum atomic E-state index is 2.55. The Labute approximate surface area is 129 Å². The predicted octanol–water partition coefficient (Wildman–Crippen LogP) is 7.08. The minimum atomic E-state index is 0.572. The standard InChI is InChI=1S/C20H40/c1-8-12-20(7,15-16(2)3)14-11-18-17(4)10-9-13-19(18,5)6/h16-18H,8-15H2,1-7H3/t17?,18?,20-/m1/s1. The van der Waals surface area contributed by atoms with E-state index in [0.29, 0.717) is 10.8 Å². The Kier molecular flexibility index (Phi) is 6.61. The summed E-state index contributed by atoms with van der Waals surface area (Å²) in [4.78, 5) is 0. The van der Waals surface area contributed by atoms with E-state index in [-0.39, 0.29) is 0 Å². The van der Waals surface area contributed by atoms with Gasteiger partial charge in [0, 0.05) is 0 Å². The maximum Gasteiger partial charge on any atom is -0.0323 e. The smallest absolute Gasteiger partial charge is 0.0323 e. The van der Waals surface area contributed by atoms with Gasteiger partial charge in [0.05, 0.1) is 0 Å². The second-order valence-corrected chi connectivity index (χ2v) is 9.16. The van der Waals surface area contributed by atoms with E-state index in [1.807, 2.05) is 0 Å². The van der Waals surface area contributed by atoms with Gasteiger partial charge in [0.15, 0.2) is 0 Å². The molecule has 0 N–H and O–H groups in total. The summed E-state index contributed by atoms with van der Waals surface area (Å²) < 4.78 is 0. The van der Waals surface area contributed by atoms with E-state index in [2.05, 4.69) is 48.5 Å². The molecule has 3 atom stereocenters. The summed E-state index contributed by atoms with van der Waals surface area (Å²) in [6.07, 6.45) is 11.4. The highest BCUT2D eigenvalue weighted by Crippen LogP contribution is 2.48. The van der Waals surface area contributed by atoms with Gasteiger partial charge in [0.1, 0.15) is 0 Å². The molecule has 1 rings (SSSR count). The molecule has 0 radical (unpaired) electrons. The van der Waals surface area contributed by atoms with Crippen molar-refractivity contribution in [3.8, 4) is 0 Å². The van der Waals surface area contributed by atoms with Gasteiger partial charge in [0.2, 0.25) is 0 Å². The first kappa shape index (κ1) is 18.1. The molecular weight excluding hydrogens is 240 g/mol. The lowest BCUT2D eigenvalue weighted by molar-refractivity contribution is 0.0581. The highest BCUT2D eigenvalue weighted by atomic mass is 14.4. The first-order valence-electron chi connectivity index (χ1n) is 9.20. The van der Waals surface area contributed by atoms with E-state index in [4.69, 9.17) is 0 Å². The van der Waals surface area contributed by atoms with Crippen LogP contribution < -0.4 is 0 Å². The Morgan fingerprint density at radius 3 is 2.35 bits per heavy atom. The summed E-state index contributed by atoms with van der Waals surface area (Å²) >= 11 is 0. The third-order valence-corrected chi connectivity index (χ3v) is 5.98. The van der Waals surface area contributed by atoms with Crippen molar-refractivity contribution in [3.63, 3.8) is 0 Å². The van der Waals surface area contributed by atoms with Crippen LogP contribution in [0.5, 0.6) is 0 Å². The summed E-state index contributed by atoms with van der Waals surface area (Å²) in [5.74, 6) is 2.71. The molecular formula is C20H40. The summed E-state index contributed by atoms with van der Waals surface area (Å²) in [5.41, 5.74) is 1.15. The monoisotopic (exact) mass is 280 g/mol. The zero-order valence-electron chi connectivity index (χ0n) is 15.4. The molecule has 1 aliphatic rings. The van der Waals surface area contributed by atoms with Crippen molar-refractivity contribution in [2.45, 2.75) is 99.8 Å². The van der Waals surface area contributed by atoms with E-state index < -0.39 is 0 Å². The minimum Gasteiger partial charge on any atom is -0.0654 e. The van der Waals surface area contributed by atoms with Crippen molar-refractivity contribution in [3.05, 3.63) is 0 Å². The third kappa shape index (κ3) is 5.08. The SMILES string of the molecule is CCC[C@](C)(CCC1C(C)CCCC1(C)C)CC(C)C. The van der Waals surface area contributed by atoms with Crippen molar-refractivity contribution in [2.24, 2.45) is 28.6 Å². The molecule has 1 aliphatic carbocycles. The average Bonchev–Trinajstić information content (AvgIpc) is 2.26.